The molecule has 1 aromatic heterocycles. The summed E-state index contributed by atoms with van der Waals surface area (Å²) in [6.07, 6.45) is 3.66. The van der Waals surface area contributed by atoms with Crippen molar-refractivity contribution < 1.29 is 14.3 Å². The summed E-state index contributed by atoms with van der Waals surface area (Å²) in [6.45, 7) is 4.21. The van der Waals surface area contributed by atoms with E-state index >= 15 is 0 Å². The van der Waals surface area contributed by atoms with Gasteiger partial charge in [0, 0.05) is 30.9 Å². The molecule has 1 aliphatic rings. The van der Waals surface area contributed by atoms with Crippen LogP contribution in [0.25, 0.3) is 0 Å². The first-order valence-corrected chi connectivity index (χ1v) is 9.27. The van der Waals surface area contributed by atoms with Gasteiger partial charge in [-0.15, -0.1) is 0 Å². The molecule has 2 aromatic rings. The van der Waals surface area contributed by atoms with Gasteiger partial charge in [0.1, 0.15) is 23.1 Å². The number of methoxy groups -OCH3 is 1. The van der Waals surface area contributed by atoms with E-state index in [0.717, 1.165) is 24.6 Å². The highest BCUT2D eigenvalue weighted by molar-refractivity contribution is 5.77. The average Bonchev–Trinajstić information content (AvgIpc) is 2.71. The number of hydrogen-bond donors (Lipinski definition) is 1. The Morgan fingerprint density at radius 3 is 2.70 bits per heavy atom. The second-order valence-electron chi connectivity index (χ2n) is 6.58. The van der Waals surface area contributed by atoms with E-state index in [1.807, 2.05) is 25.1 Å². The molecule has 0 bridgehead atoms. The second kappa shape index (κ2) is 9.21. The minimum absolute atomic E-state index is 0.0715. The quantitative estimate of drug-likeness (QED) is 0.807. The van der Waals surface area contributed by atoms with Crippen LogP contribution in [0.15, 0.2) is 30.3 Å². The zero-order valence-corrected chi connectivity index (χ0v) is 15.9. The van der Waals surface area contributed by atoms with Gasteiger partial charge in [0.05, 0.1) is 13.7 Å². The molecule has 0 radical (unpaired) electrons. The number of piperidine rings is 1. The van der Waals surface area contributed by atoms with E-state index in [1.165, 1.54) is 19.3 Å². The lowest BCUT2D eigenvalue weighted by Crippen LogP contribution is -2.32. The number of amides is 1. The summed E-state index contributed by atoms with van der Waals surface area (Å²) in [6, 6.07) is 9.16. The van der Waals surface area contributed by atoms with Crippen molar-refractivity contribution >= 4 is 11.7 Å². The summed E-state index contributed by atoms with van der Waals surface area (Å²) < 4.78 is 10.6. The maximum Gasteiger partial charge on any atom is 0.258 e. The van der Waals surface area contributed by atoms with Gasteiger partial charge in [0.2, 0.25) is 0 Å². The lowest BCUT2D eigenvalue weighted by atomic mass is 10.1. The predicted octanol–water partition coefficient (Wildman–Crippen LogP) is 2.48. The number of carbonyl (C=O) groups is 1. The standard InChI is InChI=1S/C20H26N4O3/c1-15-11-19(24-9-4-3-5-10-24)23-18(22-15)13-21-20(25)14-27-17-8-6-7-16(12-17)26-2/h6-8,11-12H,3-5,9-10,13-14H2,1-2H3,(H,21,25). The molecule has 0 saturated carbocycles. The molecule has 1 amide bonds. The minimum atomic E-state index is -0.220. The molecule has 2 heterocycles. The van der Waals surface area contributed by atoms with E-state index in [9.17, 15) is 4.79 Å². The SMILES string of the molecule is COc1cccc(OCC(=O)NCc2nc(C)cc(N3CCCCC3)n2)c1. The van der Waals surface area contributed by atoms with E-state index in [-0.39, 0.29) is 19.1 Å². The third-order valence-corrected chi connectivity index (χ3v) is 4.42. The van der Waals surface area contributed by atoms with Gasteiger partial charge in [-0.3, -0.25) is 4.79 Å². The normalized spacial score (nSPS) is 13.9. The monoisotopic (exact) mass is 370 g/mol. The molecule has 1 aromatic carbocycles. The Morgan fingerprint density at radius 2 is 1.93 bits per heavy atom. The second-order valence-corrected chi connectivity index (χ2v) is 6.58. The summed E-state index contributed by atoms with van der Waals surface area (Å²) >= 11 is 0. The largest absolute Gasteiger partial charge is 0.497 e. The number of nitrogens with one attached hydrogen (secondary N) is 1. The fourth-order valence-corrected chi connectivity index (χ4v) is 3.04. The van der Waals surface area contributed by atoms with Crippen molar-refractivity contribution in [1.29, 1.82) is 0 Å². The third kappa shape index (κ3) is 5.57. The first kappa shape index (κ1) is 18.9. The third-order valence-electron chi connectivity index (χ3n) is 4.42. The van der Waals surface area contributed by atoms with Crippen molar-refractivity contribution in [2.24, 2.45) is 0 Å². The number of benzene rings is 1. The van der Waals surface area contributed by atoms with Crippen LogP contribution in [-0.4, -0.2) is 42.7 Å². The first-order valence-electron chi connectivity index (χ1n) is 9.27. The van der Waals surface area contributed by atoms with Crippen LogP contribution in [0, 0.1) is 6.92 Å². The zero-order valence-electron chi connectivity index (χ0n) is 15.9. The molecular weight excluding hydrogens is 344 g/mol. The molecule has 1 saturated heterocycles. The molecule has 0 unspecified atom stereocenters. The highest BCUT2D eigenvalue weighted by Crippen LogP contribution is 2.19. The molecule has 144 valence electrons. The first-order chi connectivity index (χ1) is 13.1. The number of hydrogen-bond acceptors (Lipinski definition) is 6. The van der Waals surface area contributed by atoms with Crippen LogP contribution in [-0.2, 0) is 11.3 Å². The lowest BCUT2D eigenvalue weighted by Gasteiger charge is -2.28. The van der Waals surface area contributed by atoms with E-state index in [0.29, 0.717) is 17.3 Å². The van der Waals surface area contributed by atoms with Crippen LogP contribution in [0.3, 0.4) is 0 Å². The van der Waals surface area contributed by atoms with Crippen molar-refractivity contribution in [3.63, 3.8) is 0 Å². The Kier molecular flexibility index (Phi) is 6.46. The van der Waals surface area contributed by atoms with Gasteiger partial charge >= 0.3 is 0 Å². The number of aryl methyl sites for hydroxylation is 1. The molecule has 3 rings (SSSR count). The molecule has 7 nitrogen and oxygen atoms in total. The molecular formula is C20H26N4O3. The number of ether oxygens (including phenoxy) is 2. The van der Waals surface area contributed by atoms with Gasteiger partial charge in [0.15, 0.2) is 6.61 Å². The van der Waals surface area contributed by atoms with Crippen molar-refractivity contribution in [1.82, 2.24) is 15.3 Å². The number of rotatable bonds is 7. The highest BCUT2D eigenvalue weighted by Gasteiger charge is 2.14. The van der Waals surface area contributed by atoms with E-state index in [4.69, 9.17) is 9.47 Å². The molecule has 0 aliphatic carbocycles. The van der Waals surface area contributed by atoms with Crippen molar-refractivity contribution in [2.45, 2.75) is 32.7 Å². The number of carbonyl (C=O) groups excluding carboxylic acids is 1. The van der Waals surface area contributed by atoms with Gasteiger partial charge in [-0.2, -0.15) is 0 Å². The summed E-state index contributed by atoms with van der Waals surface area (Å²) in [5.41, 5.74) is 0.905. The molecule has 0 atom stereocenters. The molecule has 0 spiro atoms. The molecule has 7 heteroatoms. The van der Waals surface area contributed by atoms with Gasteiger partial charge in [-0.05, 0) is 38.3 Å². The lowest BCUT2D eigenvalue weighted by molar-refractivity contribution is -0.123. The minimum Gasteiger partial charge on any atom is -0.497 e. The Labute approximate surface area is 159 Å². The summed E-state index contributed by atoms with van der Waals surface area (Å²) in [4.78, 5) is 23.4. The van der Waals surface area contributed by atoms with Crippen LogP contribution in [0.2, 0.25) is 0 Å². The van der Waals surface area contributed by atoms with Gasteiger partial charge < -0.3 is 19.7 Å². The van der Waals surface area contributed by atoms with Gasteiger partial charge in [0.25, 0.3) is 5.91 Å². The fourth-order valence-electron chi connectivity index (χ4n) is 3.04. The molecule has 1 aliphatic heterocycles. The average molecular weight is 370 g/mol. The number of aromatic nitrogens is 2. The Bertz CT molecular complexity index is 776. The maximum atomic E-state index is 12.1. The van der Waals surface area contributed by atoms with Crippen molar-refractivity contribution in [2.75, 3.05) is 31.7 Å². The van der Waals surface area contributed by atoms with Crippen LogP contribution < -0.4 is 19.7 Å². The van der Waals surface area contributed by atoms with Crippen LogP contribution >= 0.6 is 0 Å². The fraction of sp³-hybridized carbons (Fsp3) is 0.450. The van der Waals surface area contributed by atoms with E-state index < -0.39 is 0 Å². The summed E-state index contributed by atoms with van der Waals surface area (Å²) in [5.74, 6) is 2.61. The number of nitrogens with zero attached hydrogens (tertiary/aromatic N) is 3. The predicted molar refractivity (Wildman–Crippen MR) is 103 cm³/mol. The Balaban J connectivity index is 1.52. The molecule has 1 fully saturated rings. The van der Waals surface area contributed by atoms with Crippen molar-refractivity contribution in [3.05, 3.63) is 41.9 Å². The molecule has 27 heavy (non-hydrogen) atoms. The van der Waals surface area contributed by atoms with E-state index in [2.05, 4.69) is 20.2 Å². The van der Waals surface area contributed by atoms with Crippen LogP contribution in [0.4, 0.5) is 5.82 Å². The Morgan fingerprint density at radius 1 is 1.15 bits per heavy atom. The van der Waals surface area contributed by atoms with Gasteiger partial charge in [-0.25, -0.2) is 9.97 Å². The Hall–Kier alpha value is -2.83. The smallest absolute Gasteiger partial charge is 0.258 e. The molecule has 1 N–H and O–H groups in total. The van der Waals surface area contributed by atoms with Crippen LogP contribution in [0.5, 0.6) is 11.5 Å². The maximum absolute atomic E-state index is 12.1. The van der Waals surface area contributed by atoms with Crippen molar-refractivity contribution in [3.8, 4) is 11.5 Å². The van der Waals surface area contributed by atoms with Gasteiger partial charge in [-0.1, -0.05) is 6.07 Å². The highest BCUT2D eigenvalue weighted by atomic mass is 16.5. The topological polar surface area (TPSA) is 76.6 Å². The summed E-state index contributed by atoms with van der Waals surface area (Å²) in [7, 11) is 1.59. The zero-order chi connectivity index (χ0) is 19.1. The van der Waals surface area contributed by atoms with E-state index in [1.54, 1.807) is 19.2 Å². The number of anilines is 1. The summed E-state index contributed by atoms with van der Waals surface area (Å²) in [5, 5.41) is 2.82. The van der Waals surface area contributed by atoms with Crippen LogP contribution in [0.1, 0.15) is 30.8 Å².